The van der Waals surface area contributed by atoms with Gasteiger partial charge in [0.05, 0.1) is 24.8 Å². The number of nitrogen functional groups attached to an aromatic ring is 1. The molecule has 1 amide bonds. The van der Waals surface area contributed by atoms with Crippen LogP contribution < -0.4 is 15.8 Å². The first-order valence-electron chi connectivity index (χ1n) is 5.88. The van der Waals surface area contributed by atoms with E-state index in [1.807, 2.05) is 6.92 Å². The van der Waals surface area contributed by atoms with Crippen LogP contribution in [0.1, 0.15) is 23.7 Å². The molecule has 0 aromatic heterocycles. The van der Waals surface area contributed by atoms with E-state index in [0.717, 1.165) is 6.42 Å². The zero-order valence-electron chi connectivity index (χ0n) is 10.7. The fourth-order valence-electron chi connectivity index (χ4n) is 1.97. The first-order chi connectivity index (χ1) is 8.54. The monoisotopic (exact) mass is 250 g/mol. The van der Waals surface area contributed by atoms with Crippen molar-refractivity contribution in [1.29, 1.82) is 0 Å². The summed E-state index contributed by atoms with van der Waals surface area (Å²) in [4.78, 5) is 12.2. The second-order valence-electron chi connectivity index (χ2n) is 4.77. The molecule has 0 aliphatic carbocycles. The highest BCUT2D eigenvalue weighted by Crippen LogP contribution is 2.22. The Balaban J connectivity index is 2.17. The van der Waals surface area contributed by atoms with Gasteiger partial charge in [0.1, 0.15) is 5.75 Å². The van der Waals surface area contributed by atoms with Crippen LogP contribution in [-0.2, 0) is 4.74 Å². The fraction of sp³-hybridized carbons (Fsp3) is 0.462. The van der Waals surface area contributed by atoms with Crippen molar-refractivity contribution in [2.24, 2.45) is 0 Å². The Morgan fingerprint density at radius 1 is 1.56 bits per heavy atom. The van der Waals surface area contributed by atoms with Gasteiger partial charge in [0.25, 0.3) is 5.91 Å². The van der Waals surface area contributed by atoms with E-state index >= 15 is 0 Å². The van der Waals surface area contributed by atoms with Gasteiger partial charge >= 0.3 is 0 Å². The van der Waals surface area contributed by atoms with Crippen LogP contribution >= 0.6 is 0 Å². The van der Waals surface area contributed by atoms with Gasteiger partial charge in [-0.1, -0.05) is 0 Å². The van der Waals surface area contributed by atoms with Gasteiger partial charge in [-0.05, 0) is 31.5 Å². The molecule has 0 bridgehead atoms. The third kappa shape index (κ3) is 2.56. The highest BCUT2D eigenvalue weighted by atomic mass is 16.5. The second kappa shape index (κ2) is 4.86. The maximum atomic E-state index is 12.2. The van der Waals surface area contributed by atoms with E-state index in [1.54, 1.807) is 25.3 Å². The van der Waals surface area contributed by atoms with E-state index in [4.69, 9.17) is 15.2 Å². The molecule has 3 N–H and O–H groups in total. The summed E-state index contributed by atoms with van der Waals surface area (Å²) in [6.45, 7) is 3.17. The maximum absolute atomic E-state index is 12.2. The fourth-order valence-corrected chi connectivity index (χ4v) is 1.97. The largest absolute Gasteiger partial charge is 0.497 e. The van der Waals surface area contributed by atoms with Crippen LogP contribution in [-0.4, -0.2) is 31.8 Å². The lowest BCUT2D eigenvalue weighted by molar-refractivity contribution is 0.0890. The molecule has 1 aliphatic rings. The second-order valence-corrected chi connectivity index (χ2v) is 4.77. The lowest BCUT2D eigenvalue weighted by Gasteiger charge is -2.24. The minimum absolute atomic E-state index is 0.195. The standard InChI is InChI=1S/C13H18N2O3/c1-13(5-6-18-8-13)15-12(16)10-7-9(17-2)3-4-11(10)14/h3-4,7H,5-6,8,14H2,1-2H3,(H,15,16). The van der Waals surface area contributed by atoms with Gasteiger partial charge in [0, 0.05) is 12.3 Å². The number of anilines is 1. The molecule has 18 heavy (non-hydrogen) atoms. The number of hydrogen-bond donors (Lipinski definition) is 2. The van der Waals surface area contributed by atoms with Crippen LogP contribution in [0, 0.1) is 0 Å². The summed E-state index contributed by atoms with van der Waals surface area (Å²) in [7, 11) is 1.55. The van der Waals surface area contributed by atoms with Crippen molar-refractivity contribution < 1.29 is 14.3 Å². The number of hydrogen-bond acceptors (Lipinski definition) is 4. The predicted octanol–water partition coefficient (Wildman–Crippen LogP) is 1.19. The van der Waals surface area contributed by atoms with Crippen molar-refractivity contribution in [3.63, 3.8) is 0 Å². The van der Waals surface area contributed by atoms with Crippen molar-refractivity contribution in [2.45, 2.75) is 18.9 Å². The molecule has 1 aliphatic heterocycles. The lowest BCUT2D eigenvalue weighted by atomic mass is 10.0. The van der Waals surface area contributed by atoms with Gasteiger partial charge in [0.15, 0.2) is 0 Å². The molecule has 2 rings (SSSR count). The molecule has 1 aromatic rings. The van der Waals surface area contributed by atoms with E-state index in [9.17, 15) is 4.79 Å². The Morgan fingerprint density at radius 2 is 2.33 bits per heavy atom. The number of nitrogens with one attached hydrogen (secondary N) is 1. The van der Waals surface area contributed by atoms with E-state index in [2.05, 4.69) is 5.32 Å². The summed E-state index contributed by atoms with van der Waals surface area (Å²) >= 11 is 0. The molecular formula is C13H18N2O3. The molecule has 1 fully saturated rings. The highest BCUT2D eigenvalue weighted by molar-refractivity contribution is 6.00. The SMILES string of the molecule is COc1ccc(N)c(C(=O)NC2(C)CCOC2)c1. The molecule has 1 atom stereocenters. The van der Waals surface area contributed by atoms with Gasteiger partial charge in [-0.15, -0.1) is 0 Å². The number of amides is 1. The molecule has 5 nitrogen and oxygen atoms in total. The topological polar surface area (TPSA) is 73.6 Å². The maximum Gasteiger partial charge on any atom is 0.254 e. The van der Waals surface area contributed by atoms with E-state index < -0.39 is 0 Å². The first-order valence-corrected chi connectivity index (χ1v) is 5.88. The lowest BCUT2D eigenvalue weighted by Crippen LogP contribution is -2.46. The number of benzene rings is 1. The predicted molar refractivity (Wildman–Crippen MR) is 68.7 cm³/mol. The zero-order chi connectivity index (χ0) is 13.2. The summed E-state index contributed by atoms with van der Waals surface area (Å²) in [5.41, 5.74) is 6.38. The quantitative estimate of drug-likeness (QED) is 0.790. The molecule has 0 spiro atoms. The van der Waals surface area contributed by atoms with Crippen LogP contribution in [0.5, 0.6) is 5.75 Å². The average Bonchev–Trinajstić information content (AvgIpc) is 2.76. The Hall–Kier alpha value is -1.75. The summed E-state index contributed by atoms with van der Waals surface area (Å²) in [6.07, 6.45) is 0.808. The van der Waals surface area contributed by atoms with Gasteiger partial charge in [-0.25, -0.2) is 0 Å². The summed E-state index contributed by atoms with van der Waals surface area (Å²) in [5, 5.41) is 2.96. The van der Waals surface area contributed by atoms with E-state index in [0.29, 0.717) is 30.2 Å². The molecule has 1 saturated heterocycles. The Bertz CT molecular complexity index is 454. The first kappa shape index (κ1) is 12.7. The van der Waals surface area contributed by atoms with Gasteiger partial charge in [0.2, 0.25) is 0 Å². The number of carbonyl (C=O) groups excluding carboxylic acids is 1. The summed E-state index contributed by atoms with van der Waals surface area (Å²) in [6, 6.07) is 5.04. The van der Waals surface area contributed by atoms with Crippen molar-refractivity contribution in [3.8, 4) is 5.75 Å². The van der Waals surface area contributed by atoms with Gasteiger partial charge in [-0.3, -0.25) is 4.79 Å². The van der Waals surface area contributed by atoms with Crippen molar-refractivity contribution >= 4 is 11.6 Å². The van der Waals surface area contributed by atoms with Crippen LogP contribution in [0.15, 0.2) is 18.2 Å². The molecule has 98 valence electrons. The van der Waals surface area contributed by atoms with Crippen LogP contribution in [0.4, 0.5) is 5.69 Å². The Morgan fingerprint density at radius 3 is 2.94 bits per heavy atom. The molecule has 0 radical (unpaired) electrons. The minimum Gasteiger partial charge on any atom is -0.497 e. The number of carbonyl (C=O) groups is 1. The Kier molecular flexibility index (Phi) is 3.43. The number of nitrogens with two attached hydrogens (primary N) is 1. The van der Waals surface area contributed by atoms with E-state index in [1.165, 1.54) is 0 Å². The normalized spacial score (nSPS) is 22.8. The summed E-state index contributed by atoms with van der Waals surface area (Å²) < 4.78 is 10.4. The van der Waals surface area contributed by atoms with Crippen molar-refractivity contribution in [3.05, 3.63) is 23.8 Å². The third-order valence-electron chi connectivity index (χ3n) is 3.14. The number of methoxy groups -OCH3 is 1. The van der Waals surface area contributed by atoms with Gasteiger partial charge < -0.3 is 20.5 Å². The van der Waals surface area contributed by atoms with Crippen molar-refractivity contribution in [1.82, 2.24) is 5.32 Å². The van der Waals surface area contributed by atoms with Crippen LogP contribution in [0.2, 0.25) is 0 Å². The third-order valence-corrected chi connectivity index (χ3v) is 3.14. The minimum atomic E-state index is -0.313. The number of rotatable bonds is 3. The molecule has 1 heterocycles. The molecule has 0 saturated carbocycles. The number of ether oxygens (including phenoxy) is 2. The Labute approximate surface area is 106 Å². The van der Waals surface area contributed by atoms with E-state index in [-0.39, 0.29) is 11.4 Å². The zero-order valence-corrected chi connectivity index (χ0v) is 10.7. The summed E-state index contributed by atoms with van der Waals surface area (Å²) in [5.74, 6) is 0.418. The molecule has 1 aromatic carbocycles. The molecule has 1 unspecified atom stereocenters. The van der Waals surface area contributed by atoms with Gasteiger partial charge in [-0.2, -0.15) is 0 Å². The highest BCUT2D eigenvalue weighted by Gasteiger charge is 2.31. The average molecular weight is 250 g/mol. The van der Waals surface area contributed by atoms with Crippen LogP contribution in [0.25, 0.3) is 0 Å². The van der Waals surface area contributed by atoms with Crippen LogP contribution in [0.3, 0.4) is 0 Å². The molecule has 5 heteroatoms. The van der Waals surface area contributed by atoms with Crippen molar-refractivity contribution in [2.75, 3.05) is 26.1 Å². The smallest absolute Gasteiger partial charge is 0.254 e. The molecular weight excluding hydrogens is 232 g/mol.